The van der Waals surface area contributed by atoms with Crippen molar-refractivity contribution in [3.05, 3.63) is 30.1 Å². The Bertz CT molecular complexity index is 443. The van der Waals surface area contributed by atoms with Crippen LogP contribution in [0.4, 0.5) is 0 Å². The van der Waals surface area contributed by atoms with Crippen molar-refractivity contribution in [3.63, 3.8) is 0 Å². The number of rotatable bonds is 7. The quantitative estimate of drug-likeness (QED) is 0.778. The zero-order chi connectivity index (χ0) is 13.7. The number of aromatic nitrogens is 1. The maximum absolute atomic E-state index is 11.8. The van der Waals surface area contributed by atoms with E-state index in [0.29, 0.717) is 18.8 Å². The van der Waals surface area contributed by atoms with Gasteiger partial charge in [-0.2, -0.15) is 0 Å². The Morgan fingerprint density at radius 3 is 2.63 bits per heavy atom. The smallest absolute Gasteiger partial charge is 0.305 e. The Labute approximate surface area is 112 Å². The minimum Gasteiger partial charge on any atom is -0.481 e. The summed E-state index contributed by atoms with van der Waals surface area (Å²) in [5.74, 6) is -0.581. The molecule has 1 aliphatic carbocycles. The van der Waals surface area contributed by atoms with Crippen molar-refractivity contribution >= 4 is 11.9 Å². The van der Waals surface area contributed by atoms with Crippen LogP contribution in [0.5, 0.6) is 0 Å². The summed E-state index contributed by atoms with van der Waals surface area (Å²) in [5.41, 5.74) is 1.06. The number of aliphatic carboxylic acids is 1. The first-order chi connectivity index (χ1) is 9.15. The highest BCUT2D eigenvalue weighted by Crippen LogP contribution is 2.34. The average Bonchev–Trinajstić information content (AvgIpc) is 3.20. The monoisotopic (exact) mass is 262 g/mol. The summed E-state index contributed by atoms with van der Waals surface area (Å²) >= 11 is 0. The predicted octanol–water partition coefficient (Wildman–Crippen LogP) is 1.38. The minimum absolute atomic E-state index is 0.0195. The van der Waals surface area contributed by atoms with Gasteiger partial charge in [0, 0.05) is 24.9 Å². The second kappa shape index (κ2) is 6.31. The maximum atomic E-state index is 11.8. The van der Waals surface area contributed by atoms with Crippen LogP contribution in [-0.4, -0.2) is 28.0 Å². The molecule has 0 spiro atoms. The first-order valence-corrected chi connectivity index (χ1v) is 6.55. The fraction of sp³-hybridized carbons (Fsp3) is 0.500. The number of carboxylic acids is 1. The maximum Gasteiger partial charge on any atom is 0.305 e. The predicted molar refractivity (Wildman–Crippen MR) is 69.5 cm³/mol. The van der Waals surface area contributed by atoms with E-state index in [-0.39, 0.29) is 18.4 Å². The number of pyridine rings is 1. The number of aryl methyl sites for hydroxylation is 1. The van der Waals surface area contributed by atoms with Gasteiger partial charge >= 0.3 is 5.97 Å². The molecule has 1 aromatic heterocycles. The third-order valence-electron chi connectivity index (χ3n) is 3.32. The third kappa shape index (κ3) is 4.69. The number of hydrogen-bond acceptors (Lipinski definition) is 3. The lowest BCUT2D eigenvalue weighted by molar-refractivity contribution is -0.137. The van der Waals surface area contributed by atoms with Gasteiger partial charge in [0.2, 0.25) is 5.91 Å². The van der Waals surface area contributed by atoms with Gasteiger partial charge in [0.05, 0.1) is 6.42 Å². The molecule has 1 atom stereocenters. The largest absolute Gasteiger partial charge is 0.481 e. The second-order valence-electron chi connectivity index (χ2n) is 4.96. The van der Waals surface area contributed by atoms with E-state index in [2.05, 4.69) is 10.3 Å². The van der Waals surface area contributed by atoms with Crippen molar-refractivity contribution in [2.75, 3.05) is 0 Å². The van der Waals surface area contributed by atoms with E-state index in [9.17, 15) is 9.59 Å². The molecule has 0 aliphatic heterocycles. The van der Waals surface area contributed by atoms with E-state index in [1.165, 1.54) is 0 Å². The molecule has 1 aromatic rings. The lowest BCUT2D eigenvalue weighted by Crippen LogP contribution is -2.38. The van der Waals surface area contributed by atoms with Crippen molar-refractivity contribution < 1.29 is 14.7 Å². The zero-order valence-electron chi connectivity index (χ0n) is 10.7. The van der Waals surface area contributed by atoms with Gasteiger partial charge in [-0.3, -0.25) is 14.6 Å². The van der Waals surface area contributed by atoms with Gasteiger partial charge in [-0.25, -0.2) is 0 Å². The van der Waals surface area contributed by atoms with Crippen molar-refractivity contribution in [1.82, 2.24) is 10.3 Å². The first-order valence-electron chi connectivity index (χ1n) is 6.55. The molecule has 1 fully saturated rings. The van der Waals surface area contributed by atoms with Crippen molar-refractivity contribution in [2.45, 2.75) is 38.1 Å². The summed E-state index contributed by atoms with van der Waals surface area (Å²) in [6.45, 7) is 0. The average molecular weight is 262 g/mol. The number of carbonyl (C=O) groups is 2. The van der Waals surface area contributed by atoms with Crippen LogP contribution in [0.3, 0.4) is 0 Å². The molecule has 0 saturated heterocycles. The fourth-order valence-electron chi connectivity index (χ4n) is 2.11. The van der Waals surface area contributed by atoms with E-state index in [0.717, 1.165) is 18.4 Å². The van der Waals surface area contributed by atoms with Crippen LogP contribution in [0.1, 0.15) is 31.2 Å². The normalized spacial score (nSPS) is 15.8. The summed E-state index contributed by atoms with van der Waals surface area (Å²) < 4.78 is 0. The molecule has 0 radical (unpaired) electrons. The third-order valence-corrected chi connectivity index (χ3v) is 3.32. The van der Waals surface area contributed by atoms with Crippen LogP contribution >= 0.6 is 0 Å². The van der Waals surface area contributed by atoms with Gasteiger partial charge in [-0.05, 0) is 42.9 Å². The molecule has 2 rings (SSSR count). The first kappa shape index (κ1) is 13.5. The van der Waals surface area contributed by atoms with E-state index in [1.54, 1.807) is 12.4 Å². The summed E-state index contributed by atoms with van der Waals surface area (Å²) in [6, 6.07) is 3.55. The number of carboxylic acid groups (broad SMARTS) is 1. The molecule has 1 unspecified atom stereocenters. The molecule has 0 bridgehead atoms. The van der Waals surface area contributed by atoms with Crippen molar-refractivity contribution in [1.29, 1.82) is 0 Å². The van der Waals surface area contributed by atoms with Crippen LogP contribution < -0.4 is 5.32 Å². The molecule has 2 N–H and O–H groups in total. The van der Waals surface area contributed by atoms with Crippen molar-refractivity contribution in [3.8, 4) is 0 Å². The fourth-order valence-corrected chi connectivity index (χ4v) is 2.11. The highest BCUT2D eigenvalue weighted by Gasteiger charge is 2.33. The highest BCUT2D eigenvalue weighted by atomic mass is 16.4. The number of nitrogens with one attached hydrogen (secondary N) is 1. The standard InChI is InChI=1S/C14H18N2O3/c17-13(4-1-10-5-7-15-8-6-10)16-12(9-14(18)19)11-2-3-11/h5-8,11-12H,1-4,9H2,(H,16,17)(H,18,19). The summed E-state index contributed by atoms with van der Waals surface area (Å²) in [5, 5.41) is 11.7. The lowest BCUT2D eigenvalue weighted by atomic mass is 10.1. The van der Waals surface area contributed by atoms with Crippen LogP contribution in [0.25, 0.3) is 0 Å². The molecule has 1 heterocycles. The number of nitrogens with zero attached hydrogens (tertiary/aromatic N) is 1. The number of carbonyl (C=O) groups excluding carboxylic acids is 1. The highest BCUT2D eigenvalue weighted by molar-refractivity contribution is 5.77. The molecule has 1 saturated carbocycles. The van der Waals surface area contributed by atoms with E-state index in [4.69, 9.17) is 5.11 Å². The van der Waals surface area contributed by atoms with Gasteiger partial charge in [0.25, 0.3) is 0 Å². The Morgan fingerprint density at radius 2 is 2.05 bits per heavy atom. The Morgan fingerprint density at radius 1 is 1.37 bits per heavy atom. The Kier molecular flexibility index (Phi) is 4.49. The molecular formula is C14H18N2O3. The molecular weight excluding hydrogens is 244 g/mol. The molecule has 19 heavy (non-hydrogen) atoms. The molecule has 102 valence electrons. The topological polar surface area (TPSA) is 79.3 Å². The van der Waals surface area contributed by atoms with Crippen molar-refractivity contribution in [2.24, 2.45) is 5.92 Å². The SMILES string of the molecule is O=C(O)CC(NC(=O)CCc1ccncc1)C1CC1. The van der Waals surface area contributed by atoms with Gasteiger partial charge < -0.3 is 10.4 Å². The van der Waals surface area contributed by atoms with Crippen LogP contribution in [0, 0.1) is 5.92 Å². The van der Waals surface area contributed by atoms with Crippen LogP contribution in [-0.2, 0) is 16.0 Å². The van der Waals surface area contributed by atoms with Crippen LogP contribution in [0.15, 0.2) is 24.5 Å². The van der Waals surface area contributed by atoms with E-state index < -0.39 is 5.97 Å². The van der Waals surface area contributed by atoms with Gasteiger partial charge in [0.15, 0.2) is 0 Å². The van der Waals surface area contributed by atoms with Gasteiger partial charge in [0.1, 0.15) is 0 Å². The number of hydrogen-bond donors (Lipinski definition) is 2. The van der Waals surface area contributed by atoms with Crippen LogP contribution in [0.2, 0.25) is 0 Å². The molecule has 5 nitrogen and oxygen atoms in total. The lowest BCUT2D eigenvalue weighted by Gasteiger charge is -2.16. The minimum atomic E-state index is -0.855. The van der Waals surface area contributed by atoms with E-state index in [1.807, 2.05) is 12.1 Å². The molecule has 1 amide bonds. The summed E-state index contributed by atoms with van der Waals surface area (Å²) in [7, 11) is 0. The summed E-state index contributed by atoms with van der Waals surface area (Å²) in [6.07, 6.45) is 6.48. The Balaban J connectivity index is 1.77. The van der Waals surface area contributed by atoms with E-state index >= 15 is 0 Å². The molecule has 1 aliphatic rings. The van der Waals surface area contributed by atoms with Gasteiger partial charge in [-0.15, -0.1) is 0 Å². The Hall–Kier alpha value is -1.91. The molecule has 5 heteroatoms. The molecule has 0 aromatic carbocycles. The van der Waals surface area contributed by atoms with Gasteiger partial charge in [-0.1, -0.05) is 0 Å². The zero-order valence-corrected chi connectivity index (χ0v) is 10.7. The number of amides is 1. The summed E-state index contributed by atoms with van der Waals surface area (Å²) in [4.78, 5) is 26.5. The second-order valence-corrected chi connectivity index (χ2v) is 4.96.